The molecule has 1 aromatic heterocycles. The highest BCUT2D eigenvalue weighted by Gasteiger charge is 2.22. The van der Waals surface area contributed by atoms with Gasteiger partial charge in [0, 0.05) is 12.7 Å². The number of hydrogen-bond acceptors (Lipinski definition) is 3. The highest BCUT2D eigenvalue weighted by Crippen LogP contribution is 2.09. The molecule has 0 aromatic carbocycles. The Hall–Kier alpha value is -1.16. The van der Waals surface area contributed by atoms with Gasteiger partial charge in [-0.1, -0.05) is 13.8 Å². The van der Waals surface area contributed by atoms with E-state index in [0.29, 0.717) is 12.2 Å². The lowest BCUT2D eigenvalue weighted by atomic mass is 10.0. The Bertz CT molecular complexity index is 318. The highest BCUT2D eigenvalue weighted by molar-refractivity contribution is 5.97. The Balaban J connectivity index is 2.89. The number of carbonyl (C=O) groups is 1. The second-order valence-electron chi connectivity index (χ2n) is 3.59. The van der Waals surface area contributed by atoms with Crippen LogP contribution in [0.5, 0.6) is 0 Å². The van der Waals surface area contributed by atoms with Gasteiger partial charge in [0.05, 0.1) is 0 Å². The molecule has 1 aromatic rings. The predicted octanol–water partition coefficient (Wildman–Crippen LogP) is 1.10. The summed E-state index contributed by atoms with van der Waals surface area (Å²) in [6.07, 6.45) is 0.640. The maximum atomic E-state index is 11.7. The number of aliphatic hydroxyl groups is 1. The van der Waals surface area contributed by atoms with Crippen molar-refractivity contribution in [1.29, 1.82) is 0 Å². The van der Waals surface area contributed by atoms with Crippen molar-refractivity contribution in [2.24, 2.45) is 5.92 Å². The van der Waals surface area contributed by atoms with Gasteiger partial charge in [-0.3, -0.25) is 9.48 Å². The Kier molecular flexibility index (Phi) is 3.41. The molecule has 14 heavy (non-hydrogen) atoms. The standard InChI is InChI=1S/C10H16N2O2/c1-4-12-8(5-6-11-12)10(14)9(13)7(2)3/h5-7,9,13H,4H2,1-3H3. The van der Waals surface area contributed by atoms with Crippen LogP contribution in [-0.4, -0.2) is 26.8 Å². The highest BCUT2D eigenvalue weighted by atomic mass is 16.3. The van der Waals surface area contributed by atoms with Crippen LogP contribution in [0, 0.1) is 5.92 Å². The van der Waals surface area contributed by atoms with Gasteiger partial charge in [0.25, 0.3) is 0 Å². The first-order chi connectivity index (χ1) is 6.57. The quantitative estimate of drug-likeness (QED) is 0.734. The zero-order valence-electron chi connectivity index (χ0n) is 8.77. The summed E-state index contributed by atoms with van der Waals surface area (Å²) in [6.45, 7) is 6.18. The molecule has 0 aliphatic carbocycles. The van der Waals surface area contributed by atoms with E-state index < -0.39 is 6.10 Å². The molecular weight excluding hydrogens is 180 g/mol. The van der Waals surface area contributed by atoms with E-state index in [4.69, 9.17) is 0 Å². The van der Waals surface area contributed by atoms with E-state index in [-0.39, 0.29) is 11.7 Å². The zero-order valence-corrected chi connectivity index (χ0v) is 8.77. The van der Waals surface area contributed by atoms with Crippen molar-refractivity contribution in [3.8, 4) is 0 Å². The minimum Gasteiger partial charge on any atom is -0.385 e. The molecule has 1 unspecified atom stereocenters. The number of aryl methyl sites for hydroxylation is 1. The summed E-state index contributed by atoms with van der Waals surface area (Å²) in [5.41, 5.74) is 0.480. The molecule has 0 saturated carbocycles. The second kappa shape index (κ2) is 4.37. The fourth-order valence-electron chi connectivity index (χ4n) is 1.25. The summed E-state index contributed by atoms with van der Waals surface area (Å²) in [5, 5.41) is 13.6. The lowest BCUT2D eigenvalue weighted by Gasteiger charge is -2.13. The van der Waals surface area contributed by atoms with Gasteiger partial charge in [-0.2, -0.15) is 5.10 Å². The van der Waals surface area contributed by atoms with Crippen LogP contribution in [0.25, 0.3) is 0 Å². The normalized spacial score (nSPS) is 13.2. The van der Waals surface area contributed by atoms with Crippen LogP contribution in [0.15, 0.2) is 12.3 Å². The van der Waals surface area contributed by atoms with Crippen LogP contribution in [-0.2, 0) is 6.54 Å². The van der Waals surface area contributed by atoms with E-state index in [2.05, 4.69) is 5.10 Å². The van der Waals surface area contributed by atoms with Crippen molar-refractivity contribution in [3.05, 3.63) is 18.0 Å². The molecule has 1 heterocycles. The smallest absolute Gasteiger partial charge is 0.209 e. The molecule has 1 atom stereocenters. The third-order valence-electron chi connectivity index (χ3n) is 2.17. The average Bonchev–Trinajstić information content (AvgIpc) is 2.62. The summed E-state index contributed by atoms with van der Waals surface area (Å²) in [5.74, 6) is -0.318. The van der Waals surface area contributed by atoms with Crippen LogP contribution in [0.1, 0.15) is 31.3 Å². The Morgan fingerprint density at radius 3 is 2.79 bits per heavy atom. The number of aliphatic hydroxyl groups excluding tert-OH is 1. The minimum atomic E-state index is -0.933. The summed E-state index contributed by atoms with van der Waals surface area (Å²) >= 11 is 0. The number of nitrogens with zero attached hydrogens (tertiary/aromatic N) is 2. The molecule has 0 bridgehead atoms. The van der Waals surface area contributed by atoms with Crippen molar-refractivity contribution < 1.29 is 9.90 Å². The topological polar surface area (TPSA) is 55.1 Å². The first kappa shape index (κ1) is 10.9. The van der Waals surface area contributed by atoms with Crippen molar-refractivity contribution in [3.63, 3.8) is 0 Å². The Morgan fingerprint density at radius 2 is 2.29 bits per heavy atom. The van der Waals surface area contributed by atoms with Crippen molar-refractivity contribution in [2.75, 3.05) is 0 Å². The van der Waals surface area contributed by atoms with Gasteiger partial charge in [-0.05, 0) is 18.9 Å². The molecule has 0 amide bonds. The SMILES string of the molecule is CCn1nccc1C(=O)C(O)C(C)C. The molecule has 0 radical (unpaired) electrons. The number of aromatic nitrogens is 2. The summed E-state index contributed by atoms with van der Waals surface area (Å²) in [6, 6.07) is 1.64. The molecule has 1 N–H and O–H groups in total. The summed E-state index contributed by atoms with van der Waals surface area (Å²) < 4.78 is 1.59. The fraction of sp³-hybridized carbons (Fsp3) is 0.600. The minimum absolute atomic E-state index is 0.0669. The number of carbonyl (C=O) groups excluding carboxylic acids is 1. The van der Waals surface area contributed by atoms with Crippen LogP contribution in [0.3, 0.4) is 0 Å². The monoisotopic (exact) mass is 196 g/mol. The van der Waals surface area contributed by atoms with Gasteiger partial charge in [-0.15, -0.1) is 0 Å². The van der Waals surface area contributed by atoms with Crippen molar-refractivity contribution >= 4 is 5.78 Å². The average molecular weight is 196 g/mol. The molecular formula is C10H16N2O2. The lowest BCUT2D eigenvalue weighted by molar-refractivity contribution is 0.0636. The second-order valence-corrected chi connectivity index (χ2v) is 3.59. The van der Waals surface area contributed by atoms with E-state index >= 15 is 0 Å². The van der Waals surface area contributed by atoms with Gasteiger partial charge in [-0.25, -0.2) is 0 Å². The molecule has 78 valence electrons. The fourth-order valence-corrected chi connectivity index (χ4v) is 1.25. The third kappa shape index (κ3) is 2.01. The van der Waals surface area contributed by atoms with Crippen LogP contribution in [0.2, 0.25) is 0 Å². The molecule has 4 nitrogen and oxygen atoms in total. The maximum absolute atomic E-state index is 11.7. The van der Waals surface area contributed by atoms with E-state index in [1.807, 2.05) is 20.8 Å². The largest absolute Gasteiger partial charge is 0.385 e. The summed E-state index contributed by atoms with van der Waals surface area (Å²) in [4.78, 5) is 11.7. The molecule has 1 rings (SSSR count). The molecule has 0 spiro atoms. The van der Waals surface area contributed by atoms with Crippen LogP contribution in [0.4, 0.5) is 0 Å². The molecule has 0 aliphatic heterocycles. The Morgan fingerprint density at radius 1 is 1.64 bits per heavy atom. The first-order valence-electron chi connectivity index (χ1n) is 4.82. The maximum Gasteiger partial charge on any atom is 0.209 e. The lowest BCUT2D eigenvalue weighted by Crippen LogP contribution is -2.28. The number of rotatable bonds is 4. The van der Waals surface area contributed by atoms with Gasteiger partial charge in [0.2, 0.25) is 5.78 Å². The molecule has 0 saturated heterocycles. The summed E-state index contributed by atoms with van der Waals surface area (Å²) in [7, 11) is 0. The molecule has 0 fully saturated rings. The van der Waals surface area contributed by atoms with E-state index in [0.717, 1.165) is 0 Å². The Labute approximate surface area is 83.5 Å². The van der Waals surface area contributed by atoms with Gasteiger partial charge >= 0.3 is 0 Å². The van der Waals surface area contributed by atoms with Gasteiger partial charge in [0.1, 0.15) is 11.8 Å². The van der Waals surface area contributed by atoms with Crippen molar-refractivity contribution in [2.45, 2.75) is 33.4 Å². The number of hydrogen-bond donors (Lipinski definition) is 1. The van der Waals surface area contributed by atoms with Crippen LogP contribution < -0.4 is 0 Å². The molecule has 4 heteroatoms. The molecule has 0 aliphatic rings. The van der Waals surface area contributed by atoms with E-state index in [9.17, 15) is 9.90 Å². The number of ketones is 1. The van der Waals surface area contributed by atoms with E-state index in [1.54, 1.807) is 16.9 Å². The first-order valence-corrected chi connectivity index (χ1v) is 4.82. The zero-order chi connectivity index (χ0) is 10.7. The van der Waals surface area contributed by atoms with Gasteiger partial charge in [0.15, 0.2) is 0 Å². The number of Topliss-reactive ketones (excluding diaryl/α,β-unsaturated/α-hetero) is 1. The van der Waals surface area contributed by atoms with Crippen molar-refractivity contribution in [1.82, 2.24) is 9.78 Å². The van der Waals surface area contributed by atoms with Gasteiger partial charge < -0.3 is 5.11 Å². The van der Waals surface area contributed by atoms with Crippen LogP contribution >= 0.6 is 0 Å². The van der Waals surface area contributed by atoms with E-state index in [1.165, 1.54) is 0 Å². The predicted molar refractivity (Wildman–Crippen MR) is 53.1 cm³/mol. The third-order valence-corrected chi connectivity index (χ3v) is 2.17.